The molecule has 6 heteroatoms. The number of hydrazine groups is 1. The molecule has 0 heterocycles. The Morgan fingerprint density at radius 3 is 2.83 bits per heavy atom. The fourth-order valence-corrected chi connectivity index (χ4v) is 2.15. The van der Waals surface area contributed by atoms with Crippen molar-refractivity contribution in [2.45, 2.75) is 39.7 Å². The van der Waals surface area contributed by atoms with Crippen LogP contribution >= 0.6 is 11.8 Å². The van der Waals surface area contributed by atoms with Gasteiger partial charge in [-0.15, -0.1) is 0 Å². The average Bonchev–Trinajstić information content (AvgIpc) is 2.37. The Labute approximate surface area is 115 Å². The van der Waals surface area contributed by atoms with Gasteiger partial charge in [-0.05, 0) is 38.2 Å². The first-order chi connectivity index (χ1) is 8.74. The number of thioether (sulfide) groups is 1. The van der Waals surface area contributed by atoms with Gasteiger partial charge in [-0.1, -0.05) is 6.92 Å². The van der Waals surface area contributed by atoms with Gasteiger partial charge in [0.2, 0.25) is 5.96 Å². The normalized spacial score (nSPS) is 13.4. The predicted molar refractivity (Wildman–Crippen MR) is 80.9 cm³/mol. The third-order valence-electron chi connectivity index (χ3n) is 2.34. The van der Waals surface area contributed by atoms with Crippen LogP contribution in [-0.4, -0.2) is 43.3 Å². The monoisotopic (exact) mass is 276 g/mol. The molecule has 0 aromatic heterocycles. The average molecular weight is 276 g/mol. The Hall–Kier alpha value is -0.460. The Balaban J connectivity index is 3.75. The molecule has 1 atom stereocenters. The van der Waals surface area contributed by atoms with Crippen molar-refractivity contribution in [1.29, 1.82) is 0 Å². The van der Waals surface area contributed by atoms with Gasteiger partial charge in [0.15, 0.2) is 0 Å². The molecule has 0 aliphatic rings. The van der Waals surface area contributed by atoms with E-state index in [0.717, 1.165) is 38.4 Å². The first-order valence-electron chi connectivity index (χ1n) is 6.67. The van der Waals surface area contributed by atoms with Crippen molar-refractivity contribution in [3.05, 3.63) is 0 Å². The molecule has 0 aromatic carbocycles. The van der Waals surface area contributed by atoms with Crippen LogP contribution in [0.4, 0.5) is 0 Å². The van der Waals surface area contributed by atoms with E-state index in [-0.39, 0.29) is 0 Å². The van der Waals surface area contributed by atoms with Gasteiger partial charge in [-0.3, -0.25) is 10.4 Å². The molecule has 0 fully saturated rings. The summed E-state index contributed by atoms with van der Waals surface area (Å²) in [6, 6.07) is 0.380. The molecule has 0 aromatic rings. The minimum Gasteiger partial charge on any atom is -0.382 e. The molecule has 0 aliphatic carbocycles. The Bertz CT molecular complexity index is 214. The number of nitrogens with one attached hydrogen (secondary N) is 2. The summed E-state index contributed by atoms with van der Waals surface area (Å²) in [5, 5.41) is 3.28. The Morgan fingerprint density at radius 1 is 1.44 bits per heavy atom. The minimum absolute atomic E-state index is 0.380. The van der Waals surface area contributed by atoms with Crippen LogP contribution in [0.3, 0.4) is 0 Å². The standard InChI is InChI=1S/C12H28N4OS/c1-4-17-9-6-8-14-12(16-13)15-11(3)7-10-18-5-2/h11H,4-10,13H2,1-3H3,(H2,14,15,16). The number of rotatable bonds is 10. The molecule has 1 unspecified atom stereocenters. The fourth-order valence-electron chi connectivity index (χ4n) is 1.34. The van der Waals surface area contributed by atoms with E-state index < -0.39 is 0 Å². The highest BCUT2D eigenvalue weighted by Gasteiger charge is 2.03. The molecule has 0 saturated heterocycles. The van der Waals surface area contributed by atoms with Crippen LogP contribution in [0.5, 0.6) is 0 Å². The van der Waals surface area contributed by atoms with Crippen molar-refractivity contribution in [3.63, 3.8) is 0 Å². The SMILES string of the molecule is CCOCCCN=C(NN)NC(C)CCSCC. The molecule has 0 amide bonds. The van der Waals surface area contributed by atoms with Gasteiger partial charge < -0.3 is 10.1 Å². The first-order valence-corrected chi connectivity index (χ1v) is 7.83. The maximum Gasteiger partial charge on any atom is 0.205 e. The van der Waals surface area contributed by atoms with E-state index in [1.807, 2.05) is 18.7 Å². The highest BCUT2D eigenvalue weighted by atomic mass is 32.2. The lowest BCUT2D eigenvalue weighted by Crippen LogP contribution is -2.45. The van der Waals surface area contributed by atoms with E-state index in [2.05, 4.69) is 29.6 Å². The van der Waals surface area contributed by atoms with Gasteiger partial charge in [0.25, 0.3) is 0 Å². The molecule has 4 N–H and O–H groups in total. The van der Waals surface area contributed by atoms with E-state index in [1.165, 1.54) is 5.75 Å². The predicted octanol–water partition coefficient (Wildman–Crippen LogP) is 1.35. The summed E-state index contributed by atoms with van der Waals surface area (Å²) in [5.41, 5.74) is 2.61. The van der Waals surface area contributed by atoms with Crippen LogP contribution in [0.25, 0.3) is 0 Å². The van der Waals surface area contributed by atoms with E-state index in [0.29, 0.717) is 12.0 Å². The zero-order valence-electron chi connectivity index (χ0n) is 11.9. The van der Waals surface area contributed by atoms with Gasteiger partial charge >= 0.3 is 0 Å². The van der Waals surface area contributed by atoms with Crippen molar-refractivity contribution in [2.24, 2.45) is 10.8 Å². The molecule has 0 rings (SSSR count). The van der Waals surface area contributed by atoms with Crippen LogP contribution in [0.15, 0.2) is 4.99 Å². The Kier molecular flexibility index (Phi) is 12.7. The van der Waals surface area contributed by atoms with Crippen molar-refractivity contribution in [3.8, 4) is 0 Å². The lowest BCUT2D eigenvalue weighted by Gasteiger charge is -2.16. The van der Waals surface area contributed by atoms with Crippen LogP contribution < -0.4 is 16.6 Å². The number of ether oxygens (including phenoxy) is 1. The third-order valence-corrected chi connectivity index (χ3v) is 3.27. The summed E-state index contributed by atoms with van der Waals surface area (Å²) in [6.45, 7) is 8.55. The van der Waals surface area contributed by atoms with Crippen molar-refractivity contribution >= 4 is 17.7 Å². The molecule has 18 heavy (non-hydrogen) atoms. The van der Waals surface area contributed by atoms with Crippen molar-refractivity contribution in [1.82, 2.24) is 10.7 Å². The van der Waals surface area contributed by atoms with Crippen LogP contribution in [-0.2, 0) is 4.74 Å². The van der Waals surface area contributed by atoms with Crippen molar-refractivity contribution < 1.29 is 4.74 Å². The number of nitrogens with zero attached hydrogens (tertiary/aromatic N) is 1. The fraction of sp³-hybridized carbons (Fsp3) is 0.917. The molecular formula is C12H28N4OS. The maximum atomic E-state index is 5.44. The summed E-state index contributed by atoms with van der Waals surface area (Å²) >= 11 is 1.95. The second-order valence-corrected chi connectivity index (χ2v) is 5.35. The lowest BCUT2D eigenvalue weighted by atomic mass is 10.3. The summed E-state index contributed by atoms with van der Waals surface area (Å²) in [6.07, 6.45) is 2.03. The molecule has 0 spiro atoms. The summed E-state index contributed by atoms with van der Waals surface area (Å²) in [4.78, 5) is 4.36. The summed E-state index contributed by atoms with van der Waals surface area (Å²) < 4.78 is 5.25. The van der Waals surface area contributed by atoms with Crippen LogP contribution in [0.1, 0.15) is 33.6 Å². The molecule has 0 bridgehead atoms. The van der Waals surface area contributed by atoms with Crippen LogP contribution in [0.2, 0.25) is 0 Å². The van der Waals surface area contributed by atoms with Crippen molar-refractivity contribution in [2.75, 3.05) is 31.3 Å². The number of hydrogen-bond donors (Lipinski definition) is 3. The van der Waals surface area contributed by atoms with Gasteiger partial charge in [0.05, 0.1) is 0 Å². The van der Waals surface area contributed by atoms with Gasteiger partial charge in [0, 0.05) is 25.8 Å². The first kappa shape index (κ1) is 17.5. The number of aliphatic imine (C=N–C) groups is 1. The molecule has 0 radical (unpaired) electrons. The second kappa shape index (κ2) is 13.0. The topological polar surface area (TPSA) is 71.7 Å². The molecular weight excluding hydrogens is 248 g/mol. The number of guanidine groups is 1. The molecule has 0 saturated carbocycles. The lowest BCUT2D eigenvalue weighted by molar-refractivity contribution is 0.146. The maximum absolute atomic E-state index is 5.44. The quantitative estimate of drug-likeness (QED) is 0.185. The summed E-state index contributed by atoms with van der Waals surface area (Å²) in [5.74, 6) is 8.43. The minimum atomic E-state index is 0.380. The zero-order valence-corrected chi connectivity index (χ0v) is 12.7. The molecule has 5 nitrogen and oxygen atoms in total. The van der Waals surface area contributed by atoms with Gasteiger partial charge in [-0.2, -0.15) is 11.8 Å². The smallest absolute Gasteiger partial charge is 0.205 e. The highest BCUT2D eigenvalue weighted by molar-refractivity contribution is 7.99. The van der Waals surface area contributed by atoms with Gasteiger partial charge in [0.1, 0.15) is 0 Å². The van der Waals surface area contributed by atoms with E-state index >= 15 is 0 Å². The van der Waals surface area contributed by atoms with E-state index in [9.17, 15) is 0 Å². The number of hydrogen-bond acceptors (Lipinski definition) is 4. The van der Waals surface area contributed by atoms with Crippen LogP contribution in [0, 0.1) is 0 Å². The number of nitrogens with two attached hydrogens (primary N) is 1. The van der Waals surface area contributed by atoms with E-state index in [4.69, 9.17) is 10.6 Å². The largest absolute Gasteiger partial charge is 0.382 e. The molecule has 0 aliphatic heterocycles. The summed E-state index contributed by atoms with van der Waals surface area (Å²) in [7, 11) is 0. The molecule has 108 valence electrons. The Morgan fingerprint density at radius 2 is 2.22 bits per heavy atom. The van der Waals surface area contributed by atoms with Gasteiger partial charge in [-0.25, -0.2) is 5.84 Å². The van der Waals surface area contributed by atoms with E-state index in [1.54, 1.807) is 0 Å². The third kappa shape index (κ3) is 10.7. The highest BCUT2D eigenvalue weighted by Crippen LogP contribution is 2.03. The zero-order chi connectivity index (χ0) is 13.6. The second-order valence-electron chi connectivity index (χ2n) is 3.96.